The minimum atomic E-state index is -1.13. The van der Waals surface area contributed by atoms with E-state index in [2.05, 4.69) is 28.0 Å². The van der Waals surface area contributed by atoms with Gasteiger partial charge in [0.15, 0.2) is 0 Å². The van der Waals surface area contributed by atoms with Crippen LogP contribution >= 0.6 is 0 Å². The number of ether oxygens (including phenoxy) is 1. The number of anilines is 1. The molecule has 0 aromatic heterocycles. The zero-order valence-electron chi connectivity index (χ0n) is 16.7. The summed E-state index contributed by atoms with van der Waals surface area (Å²) in [6.45, 7) is 3.14. The Labute approximate surface area is 165 Å². The number of rotatable bonds is 2. The molecule has 1 aliphatic carbocycles. The van der Waals surface area contributed by atoms with Gasteiger partial charge in [0.1, 0.15) is 11.1 Å². The van der Waals surface area contributed by atoms with Crippen LogP contribution in [0.4, 0.5) is 5.69 Å². The van der Waals surface area contributed by atoms with Crippen molar-refractivity contribution < 1.29 is 19.7 Å². The summed E-state index contributed by atoms with van der Waals surface area (Å²) in [6, 6.07) is 8.11. The Bertz CT molecular complexity index is 885. The molecule has 6 rings (SSSR count). The van der Waals surface area contributed by atoms with Gasteiger partial charge in [0.25, 0.3) is 0 Å². The summed E-state index contributed by atoms with van der Waals surface area (Å²) in [5, 5.41) is 22.5. The van der Waals surface area contributed by atoms with Crippen LogP contribution in [0.3, 0.4) is 0 Å². The van der Waals surface area contributed by atoms with Gasteiger partial charge in [-0.3, -0.25) is 9.69 Å². The maximum atomic E-state index is 13.5. The lowest BCUT2D eigenvalue weighted by Crippen LogP contribution is -2.77. The average Bonchev–Trinajstić information content (AvgIpc) is 3.10. The molecule has 6 heteroatoms. The second kappa shape index (κ2) is 5.59. The van der Waals surface area contributed by atoms with Crippen LogP contribution in [0.15, 0.2) is 35.9 Å². The number of carbonyl (C=O) groups excluding carboxylic acids is 1. The van der Waals surface area contributed by atoms with Crippen LogP contribution < -0.4 is 4.90 Å². The third-order valence-electron chi connectivity index (χ3n) is 8.37. The SMILES string of the molecule is CC=C1CN2CC[C@@]34c5ccccc5N(C)[C@@]23[C@@H](O)C[C@@H]1[C@@]4(CO)C(=O)OC. The Balaban J connectivity index is 1.96. The van der Waals surface area contributed by atoms with E-state index in [4.69, 9.17) is 4.74 Å². The maximum Gasteiger partial charge on any atom is 0.315 e. The van der Waals surface area contributed by atoms with Crippen molar-refractivity contribution in [2.45, 2.75) is 36.9 Å². The van der Waals surface area contributed by atoms with E-state index in [1.165, 1.54) is 7.11 Å². The molecule has 0 amide bonds. The van der Waals surface area contributed by atoms with E-state index in [1.807, 2.05) is 26.1 Å². The zero-order valence-corrected chi connectivity index (χ0v) is 16.7. The van der Waals surface area contributed by atoms with E-state index in [0.717, 1.165) is 23.4 Å². The van der Waals surface area contributed by atoms with Crippen molar-refractivity contribution in [1.29, 1.82) is 0 Å². The molecule has 3 saturated heterocycles. The summed E-state index contributed by atoms with van der Waals surface area (Å²) in [5.41, 5.74) is 0.539. The second-order valence-corrected chi connectivity index (χ2v) is 8.67. The normalized spacial score (nSPS) is 44.4. The first kappa shape index (κ1) is 18.2. The van der Waals surface area contributed by atoms with Gasteiger partial charge in [-0.1, -0.05) is 29.8 Å². The van der Waals surface area contributed by atoms with Crippen LogP contribution in [0.5, 0.6) is 0 Å². The lowest BCUT2D eigenvalue weighted by Gasteiger charge is -2.61. The topological polar surface area (TPSA) is 73.2 Å². The molecule has 4 aliphatic heterocycles. The van der Waals surface area contributed by atoms with Gasteiger partial charge in [0.05, 0.1) is 25.2 Å². The molecule has 6 nitrogen and oxygen atoms in total. The molecular weight excluding hydrogens is 356 g/mol. The number of allylic oxidation sites excluding steroid dienone is 1. The maximum absolute atomic E-state index is 13.5. The molecule has 2 N–H and O–H groups in total. The third kappa shape index (κ3) is 1.52. The van der Waals surface area contributed by atoms with Gasteiger partial charge in [-0.05, 0) is 31.4 Å². The number of carbonyl (C=O) groups is 1. The van der Waals surface area contributed by atoms with Gasteiger partial charge in [-0.15, -0.1) is 0 Å². The first-order valence-electron chi connectivity index (χ1n) is 10.1. The van der Waals surface area contributed by atoms with Gasteiger partial charge in [-0.2, -0.15) is 0 Å². The zero-order chi connectivity index (χ0) is 19.9. The van der Waals surface area contributed by atoms with Gasteiger partial charge in [0.2, 0.25) is 0 Å². The molecule has 1 saturated carbocycles. The van der Waals surface area contributed by atoms with Crippen LogP contribution in [0.1, 0.15) is 25.3 Å². The highest BCUT2D eigenvalue weighted by Gasteiger charge is 2.84. The fraction of sp³-hybridized carbons (Fsp3) is 0.591. The number of benzene rings is 1. The van der Waals surface area contributed by atoms with Crippen molar-refractivity contribution in [3.8, 4) is 0 Å². The van der Waals surface area contributed by atoms with Crippen molar-refractivity contribution in [2.24, 2.45) is 11.3 Å². The van der Waals surface area contributed by atoms with Crippen molar-refractivity contribution in [3.05, 3.63) is 41.5 Å². The Morgan fingerprint density at radius 1 is 1.39 bits per heavy atom. The number of nitrogens with zero attached hydrogens (tertiary/aromatic N) is 2. The summed E-state index contributed by atoms with van der Waals surface area (Å²) in [6.07, 6.45) is 2.56. The Morgan fingerprint density at radius 3 is 2.82 bits per heavy atom. The van der Waals surface area contributed by atoms with E-state index in [1.54, 1.807) is 0 Å². The summed E-state index contributed by atoms with van der Waals surface area (Å²) in [5.74, 6) is -0.632. The van der Waals surface area contributed by atoms with Crippen molar-refractivity contribution in [1.82, 2.24) is 4.90 Å². The smallest absolute Gasteiger partial charge is 0.315 e. The predicted molar refractivity (Wildman–Crippen MR) is 105 cm³/mol. The first-order valence-corrected chi connectivity index (χ1v) is 10.1. The van der Waals surface area contributed by atoms with Gasteiger partial charge < -0.3 is 19.8 Å². The molecule has 4 fully saturated rings. The lowest BCUT2D eigenvalue weighted by molar-refractivity contribution is -0.187. The molecular formula is C22H28N2O4. The second-order valence-electron chi connectivity index (χ2n) is 8.67. The molecule has 150 valence electrons. The highest BCUT2D eigenvalue weighted by Crippen LogP contribution is 2.73. The number of aliphatic hydroxyl groups is 2. The van der Waals surface area contributed by atoms with E-state index < -0.39 is 22.6 Å². The molecule has 1 spiro atoms. The molecule has 6 atom stereocenters. The van der Waals surface area contributed by atoms with Gasteiger partial charge in [0, 0.05) is 31.7 Å². The highest BCUT2D eigenvalue weighted by atomic mass is 16.5. The van der Waals surface area contributed by atoms with E-state index >= 15 is 0 Å². The van der Waals surface area contributed by atoms with Crippen molar-refractivity contribution in [3.63, 3.8) is 0 Å². The number of likely N-dealkylation sites (N-methyl/N-ethyl adjacent to an activating group) is 1. The van der Waals surface area contributed by atoms with Crippen LogP contribution in [0.25, 0.3) is 0 Å². The fourth-order valence-corrected chi connectivity index (χ4v) is 7.56. The lowest BCUT2D eigenvalue weighted by atomic mass is 9.45. The fourth-order valence-electron chi connectivity index (χ4n) is 7.56. The monoisotopic (exact) mass is 384 g/mol. The summed E-state index contributed by atoms with van der Waals surface area (Å²) in [4.78, 5) is 18.1. The number of para-hydroxylation sites is 1. The molecule has 1 aromatic carbocycles. The number of esters is 1. The highest BCUT2D eigenvalue weighted by molar-refractivity contribution is 5.86. The number of fused-ring (bicyclic) bond motifs is 3. The van der Waals surface area contributed by atoms with Crippen molar-refractivity contribution in [2.75, 3.05) is 38.8 Å². The van der Waals surface area contributed by atoms with Crippen molar-refractivity contribution >= 4 is 11.7 Å². The molecule has 1 aromatic rings. The largest absolute Gasteiger partial charge is 0.468 e. The molecule has 5 aliphatic rings. The summed E-state index contributed by atoms with van der Waals surface area (Å²) < 4.78 is 5.38. The Morgan fingerprint density at radius 2 is 2.14 bits per heavy atom. The number of methoxy groups -OCH3 is 1. The minimum absolute atomic E-state index is 0.261. The van der Waals surface area contributed by atoms with E-state index in [-0.39, 0.29) is 18.5 Å². The van der Waals surface area contributed by atoms with E-state index in [0.29, 0.717) is 19.4 Å². The first-order chi connectivity index (χ1) is 13.5. The summed E-state index contributed by atoms with van der Waals surface area (Å²) >= 11 is 0. The standard InChI is InChI=1S/C22H28N2O4/c1-4-14-12-24-10-9-21-15-7-5-6-8-17(15)23(2)22(21,24)18(26)11-16(14)20(21,13-25)19(27)28-3/h4-8,16,18,25-26H,9-13H2,1-3H3/t16-,18-,20-,21-,22-/m0/s1. The number of aliphatic hydroxyl groups excluding tert-OH is 2. The minimum Gasteiger partial charge on any atom is -0.468 e. The third-order valence-corrected chi connectivity index (χ3v) is 8.37. The average molecular weight is 384 g/mol. The predicted octanol–water partition coefficient (Wildman–Crippen LogP) is 1.27. The Hall–Kier alpha value is -1.89. The number of hydrogen-bond donors (Lipinski definition) is 2. The molecule has 28 heavy (non-hydrogen) atoms. The molecule has 1 unspecified atom stereocenters. The summed E-state index contributed by atoms with van der Waals surface area (Å²) in [7, 11) is 3.42. The van der Waals surface area contributed by atoms with Crippen LogP contribution in [0, 0.1) is 11.3 Å². The number of hydrogen-bond acceptors (Lipinski definition) is 6. The van der Waals surface area contributed by atoms with Crippen LogP contribution in [-0.4, -0.2) is 66.7 Å². The van der Waals surface area contributed by atoms with Gasteiger partial charge in [-0.25, -0.2) is 0 Å². The van der Waals surface area contributed by atoms with Gasteiger partial charge >= 0.3 is 5.97 Å². The quantitative estimate of drug-likeness (QED) is 0.591. The van der Waals surface area contributed by atoms with Crippen LogP contribution in [-0.2, 0) is 14.9 Å². The Kier molecular flexibility index (Phi) is 3.62. The van der Waals surface area contributed by atoms with E-state index in [9.17, 15) is 15.0 Å². The molecule has 4 heterocycles. The van der Waals surface area contributed by atoms with Crippen LogP contribution in [0.2, 0.25) is 0 Å². The molecule has 0 radical (unpaired) electrons. The molecule has 4 bridgehead atoms.